The molecule has 1 N–H and O–H groups in total. The summed E-state index contributed by atoms with van der Waals surface area (Å²) >= 11 is 0. The molecule has 0 unspecified atom stereocenters. The number of aromatic nitrogens is 1. The van der Waals surface area contributed by atoms with Crippen LogP contribution >= 0.6 is 0 Å². The van der Waals surface area contributed by atoms with Crippen LogP contribution in [0.15, 0.2) is 12.3 Å². The van der Waals surface area contributed by atoms with Gasteiger partial charge in [-0.1, -0.05) is 0 Å². The minimum atomic E-state index is 0.0818. The number of aryl methyl sites for hydroxylation is 1. The number of anilines is 1. The highest BCUT2D eigenvalue weighted by Crippen LogP contribution is 2.40. The van der Waals surface area contributed by atoms with E-state index in [1.54, 1.807) is 6.20 Å². The normalized spacial score (nSPS) is 24.5. The standard InChI is InChI=1S/C18H25N3O2/c1-17(2)4-3-13-9-14(10-19-15(13)20-17)16(22)21-11-18(12-21)5-7-23-8-6-18/h9-10H,3-8,11-12H2,1-2H3,(H,19,20). The molecule has 5 nitrogen and oxygen atoms in total. The molecular formula is C18H25N3O2. The predicted octanol–water partition coefficient (Wildman–Crippen LogP) is 2.47. The lowest BCUT2D eigenvalue weighted by atomic mass is 9.73. The van der Waals surface area contributed by atoms with E-state index in [4.69, 9.17) is 4.74 Å². The first-order chi connectivity index (χ1) is 11.0. The highest BCUT2D eigenvalue weighted by molar-refractivity contribution is 5.95. The zero-order valence-electron chi connectivity index (χ0n) is 14.0. The fourth-order valence-electron chi connectivity index (χ4n) is 3.97. The second-order valence-corrected chi connectivity index (χ2v) is 8.01. The Morgan fingerprint density at radius 2 is 2.00 bits per heavy atom. The second kappa shape index (κ2) is 5.20. The van der Waals surface area contributed by atoms with E-state index in [-0.39, 0.29) is 11.4 Å². The molecule has 23 heavy (non-hydrogen) atoms. The lowest BCUT2D eigenvalue weighted by Gasteiger charge is -2.52. The quantitative estimate of drug-likeness (QED) is 0.865. The van der Waals surface area contributed by atoms with Crippen LogP contribution in [0.3, 0.4) is 0 Å². The van der Waals surface area contributed by atoms with Gasteiger partial charge in [-0.3, -0.25) is 4.79 Å². The van der Waals surface area contributed by atoms with Crippen molar-refractivity contribution in [1.82, 2.24) is 9.88 Å². The van der Waals surface area contributed by atoms with Gasteiger partial charge in [0.2, 0.25) is 0 Å². The number of ether oxygens (including phenoxy) is 1. The summed E-state index contributed by atoms with van der Waals surface area (Å²) in [5.41, 5.74) is 2.29. The number of nitrogens with one attached hydrogen (secondary N) is 1. The first-order valence-electron chi connectivity index (χ1n) is 8.61. The van der Waals surface area contributed by atoms with Crippen LogP contribution in [0.1, 0.15) is 49.0 Å². The maximum absolute atomic E-state index is 12.7. The molecule has 4 heterocycles. The van der Waals surface area contributed by atoms with Crippen LogP contribution in [0.5, 0.6) is 0 Å². The number of pyridine rings is 1. The number of hydrogen-bond acceptors (Lipinski definition) is 4. The summed E-state index contributed by atoms with van der Waals surface area (Å²) in [4.78, 5) is 19.2. The Morgan fingerprint density at radius 1 is 1.26 bits per heavy atom. The smallest absolute Gasteiger partial charge is 0.255 e. The van der Waals surface area contributed by atoms with Gasteiger partial charge in [-0.2, -0.15) is 0 Å². The molecule has 1 amide bonds. The van der Waals surface area contributed by atoms with E-state index in [1.165, 1.54) is 0 Å². The van der Waals surface area contributed by atoms with Gasteiger partial charge in [0.05, 0.1) is 5.56 Å². The Balaban J connectivity index is 1.46. The number of hydrogen-bond donors (Lipinski definition) is 1. The van der Waals surface area contributed by atoms with Gasteiger partial charge >= 0.3 is 0 Å². The van der Waals surface area contributed by atoms with Crippen LogP contribution < -0.4 is 5.32 Å². The molecule has 0 atom stereocenters. The molecule has 0 aliphatic carbocycles. The number of carbonyl (C=O) groups excluding carboxylic acids is 1. The maximum Gasteiger partial charge on any atom is 0.255 e. The Kier molecular flexibility index (Phi) is 3.38. The predicted molar refractivity (Wildman–Crippen MR) is 88.6 cm³/mol. The van der Waals surface area contributed by atoms with Gasteiger partial charge in [-0.05, 0) is 51.2 Å². The SMILES string of the molecule is CC1(C)CCc2cc(C(=O)N3CC4(CCOCC4)C3)cnc2N1. The fraction of sp³-hybridized carbons (Fsp3) is 0.667. The van der Waals surface area contributed by atoms with Crippen LogP contribution in [-0.4, -0.2) is 47.6 Å². The summed E-state index contributed by atoms with van der Waals surface area (Å²) in [7, 11) is 0. The van der Waals surface area contributed by atoms with Crippen LogP contribution in [0.25, 0.3) is 0 Å². The molecule has 1 aromatic heterocycles. The fourth-order valence-corrected chi connectivity index (χ4v) is 3.97. The average molecular weight is 315 g/mol. The third kappa shape index (κ3) is 2.71. The van der Waals surface area contributed by atoms with E-state index in [0.717, 1.165) is 68.9 Å². The van der Waals surface area contributed by atoms with Crippen molar-refractivity contribution in [3.63, 3.8) is 0 Å². The van der Waals surface area contributed by atoms with Crippen molar-refractivity contribution in [3.8, 4) is 0 Å². The Morgan fingerprint density at radius 3 is 2.74 bits per heavy atom. The van der Waals surface area contributed by atoms with Gasteiger partial charge in [0.15, 0.2) is 0 Å². The monoisotopic (exact) mass is 315 g/mol. The van der Waals surface area contributed by atoms with Crippen molar-refractivity contribution in [2.24, 2.45) is 5.41 Å². The minimum Gasteiger partial charge on any atom is -0.381 e. The van der Waals surface area contributed by atoms with Crippen molar-refractivity contribution < 1.29 is 9.53 Å². The number of amides is 1. The Hall–Kier alpha value is -1.62. The van der Waals surface area contributed by atoms with E-state index in [9.17, 15) is 4.79 Å². The molecule has 0 bridgehead atoms. The summed E-state index contributed by atoms with van der Waals surface area (Å²) in [6.07, 6.45) is 5.93. The molecule has 0 radical (unpaired) electrons. The molecule has 0 saturated carbocycles. The topological polar surface area (TPSA) is 54.5 Å². The highest BCUT2D eigenvalue weighted by Gasteiger charge is 2.46. The van der Waals surface area contributed by atoms with Gasteiger partial charge in [0.1, 0.15) is 5.82 Å². The minimum absolute atomic E-state index is 0.0818. The molecule has 1 spiro atoms. The molecule has 3 aliphatic rings. The molecule has 124 valence electrons. The number of nitrogens with zero attached hydrogens (tertiary/aromatic N) is 2. The third-order valence-electron chi connectivity index (χ3n) is 5.58. The first-order valence-corrected chi connectivity index (χ1v) is 8.61. The molecular weight excluding hydrogens is 290 g/mol. The van der Waals surface area contributed by atoms with Crippen LogP contribution in [0, 0.1) is 5.41 Å². The van der Waals surface area contributed by atoms with Crippen LogP contribution in [0.4, 0.5) is 5.82 Å². The summed E-state index contributed by atoms with van der Waals surface area (Å²) < 4.78 is 5.44. The molecule has 2 fully saturated rings. The summed E-state index contributed by atoms with van der Waals surface area (Å²) in [6, 6.07) is 2.03. The highest BCUT2D eigenvalue weighted by atomic mass is 16.5. The summed E-state index contributed by atoms with van der Waals surface area (Å²) in [6.45, 7) is 7.79. The van der Waals surface area contributed by atoms with E-state index < -0.39 is 0 Å². The third-order valence-corrected chi connectivity index (χ3v) is 5.58. The van der Waals surface area contributed by atoms with E-state index in [2.05, 4.69) is 24.1 Å². The zero-order valence-corrected chi connectivity index (χ0v) is 14.0. The average Bonchev–Trinajstić information content (AvgIpc) is 2.51. The molecule has 0 aromatic carbocycles. The van der Waals surface area contributed by atoms with Gasteiger partial charge in [-0.25, -0.2) is 4.98 Å². The number of rotatable bonds is 1. The van der Waals surface area contributed by atoms with E-state index in [0.29, 0.717) is 5.41 Å². The first kappa shape index (κ1) is 14.9. The Labute approximate surface area is 137 Å². The molecule has 5 heteroatoms. The zero-order chi connectivity index (χ0) is 16.1. The molecule has 2 saturated heterocycles. The van der Waals surface area contributed by atoms with Crippen molar-refractivity contribution in [3.05, 3.63) is 23.4 Å². The summed E-state index contributed by atoms with van der Waals surface area (Å²) in [5, 5.41) is 3.46. The maximum atomic E-state index is 12.7. The lowest BCUT2D eigenvalue weighted by Crippen LogP contribution is -2.60. The number of likely N-dealkylation sites (tertiary alicyclic amines) is 1. The molecule has 3 aliphatic heterocycles. The van der Waals surface area contributed by atoms with Gasteiger partial charge in [-0.15, -0.1) is 0 Å². The number of fused-ring (bicyclic) bond motifs is 1. The summed E-state index contributed by atoms with van der Waals surface area (Å²) in [5.74, 6) is 1.06. The largest absolute Gasteiger partial charge is 0.381 e. The Bertz CT molecular complexity index is 627. The second-order valence-electron chi connectivity index (χ2n) is 8.01. The molecule has 4 rings (SSSR count). The van der Waals surface area contributed by atoms with Crippen LogP contribution in [-0.2, 0) is 11.2 Å². The van der Waals surface area contributed by atoms with E-state index >= 15 is 0 Å². The number of carbonyl (C=O) groups is 1. The van der Waals surface area contributed by atoms with Crippen molar-refractivity contribution in [1.29, 1.82) is 0 Å². The van der Waals surface area contributed by atoms with Crippen molar-refractivity contribution in [2.45, 2.75) is 45.1 Å². The van der Waals surface area contributed by atoms with E-state index in [1.807, 2.05) is 11.0 Å². The van der Waals surface area contributed by atoms with Crippen LogP contribution in [0.2, 0.25) is 0 Å². The molecule has 1 aromatic rings. The van der Waals surface area contributed by atoms with Crippen molar-refractivity contribution >= 4 is 11.7 Å². The van der Waals surface area contributed by atoms with Gasteiger partial charge in [0.25, 0.3) is 5.91 Å². The lowest BCUT2D eigenvalue weighted by molar-refractivity contribution is -0.0666. The van der Waals surface area contributed by atoms with Crippen molar-refractivity contribution in [2.75, 3.05) is 31.6 Å². The van der Waals surface area contributed by atoms with Gasteiger partial charge in [0, 0.05) is 43.5 Å². The van der Waals surface area contributed by atoms with Gasteiger partial charge < -0.3 is 15.0 Å².